The number of fused-ring (bicyclic) bond motifs is 1. The number of nitrogens with zero attached hydrogens (tertiary/aromatic N) is 3. The molecule has 5 rings (SSSR count). The molecule has 1 aliphatic carbocycles. The smallest absolute Gasteiger partial charge is 0.172 e. The predicted molar refractivity (Wildman–Crippen MR) is 160 cm³/mol. The van der Waals surface area contributed by atoms with E-state index in [1.54, 1.807) is 0 Å². The van der Waals surface area contributed by atoms with Gasteiger partial charge in [-0.1, -0.05) is 53.6 Å². The Morgan fingerprint density at radius 1 is 1.03 bits per heavy atom. The number of aryl methyl sites for hydroxylation is 1. The molecule has 0 spiro atoms. The molecule has 3 aromatic rings. The van der Waals surface area contributed by atoms with Gasteiger partial charge in [-0.2, -0.15) is 0 Å². The van der Waals surface area contributed by atoms with Crippen molar-refractivity contribution in [2.75, 3.05) is 33.3 Å². The highest BCUT2D eigenvalue weighted by molar-refractivity contribution is 7.47. The lowest BCUT2D eigenvalue weighted by atomic mass is 9.91. The van der Waals surface area contributed by atoms with Crippen molar-refractivity contribution in [3.05, 3.63) is 45.8 Å². The minimum atomic E-state index is 0.807. The number of thiophene rings is 1. The number of benzene rings is 1. The summed E-state index contributed by atoms with van der Waals surface area (Å²) < 4.78 is 5.98. The largest absolute Gasteiger partial charge is 0.356 e. The highest BCUT2D eigenvalue weighted by Gasteiger charge is 2.24. The fourth-order valence-electron chi connectivity index (χ4n) is 4.90. The maximum absolute atomic E-state index is 5.98. The molecule has 1 saturated heterocycles. The average Bonchev–Trinajstić information content (AvgIpc) is 3.42. The Balaban J connectivity index is 0.000000861. The molecule has 1 atom stereocenters. The third kappa shape index (κ3) is 8.38. The highest BCUT2D eigenvalue weighted by Crippen LogP contribution is 2.36. The summed E-state index contributed by atoms with van der Waals surface area (Å²) >= 11 is 1.88. The summed E-state index contributed by atoms with van der Waals surface area (Å²) in [5.74, 6) is 1.78. The van der Waals surface area contributed by atoms with E-state index >= 15 is 0 Å². The molecular formula is C30H48N3OPS. The topological polar surface area (TPSA) is 32.5 Å². The molecule has 1 unspecified atom stereocenters. The van der Waals surface area contributed by atoms with Gasteiger partial charge in [0.15, 0.2) is 5.58 Å². The number of hydrogen-bond donors (Lipinski definition) is 0. The molecule has 0 amide bonds. The Labute approximate surface area is 225 Å². The Morgan fingerprint density at radius 2 is 1.78 bits per heavy atom. The molecule has 4 nitrogen and oxygen atoms in total. The van der Waals surface area contributed by atoms with E-state index in [0.717, 1.165) is 51.2 Å². The fraction of sp³-hybridized carbons (Fsp3) is 0.633. The van der Waals surface area contributed by atoms with E-state index in [1.165, 1.54) is 72.5 Å². The van der Waals surface area contributed by atoms with Gasteiger partial charge in [0.25, 0.3) is 0 Å². The zero-order valence-corrected chi connectivity index (χ0v) is 25.3. The third-order valence-electron chi connectivity index (χ3n) is 7.03. The molecule has 6 heteroatoms. The zero-order valence-electron chi connectivity index (χ0n) is 23.5. The van der Waals surface area contributed by atoms with E-state index in [9.17, 15) is 0 Å². The van der Waals surface area contributed by atoms with Crippen LogP contribution in [0.3, 0.4) is 0 Å². The van der Waals surface area contributed by atoms with Crippen molar-refractivity contribution in [3.63, 3.8) is 0 Å². The molecule has 0 radical (unpaired) electrons. The zero-order chi connectivity index (χ0) is 25.9. The van der Waals surface area contributed by atoms with Crippen LogP contribution in [-0.2, 0) is 19.5 Å². The van der Waals surface area contributed by atoms with E-state index in [-0.39, 0.29) is 0 Å². The van der Waals surface area contributed by atoms with Gasteiger partial charge in [0.1, 0.15) is 0 Å². The maximum atomic E-state index is 5.98. The van der Waals surface area contributed by atoms with Crippen LogP contribution in [0.5, 0.6) is 0 Å². The monoisotopic (exact) mass is 529 g/mol. The van der Waals surface area contributed by atoms with Crippen molar-refractivity contribution >= 4 is 36.2 Å². The van der Waals surface area contributed by atoms with Crippen LogP contribution < -0.4 is 5.30 Å². The first-order valence-electron chi connectivity index (χ1n) is 14.2. The lowest BCUT2D eigenvalue weighted by Crippen LogP contribution is -2.33. The van der Waals surface area contributed by atoms with Crippen molar-refractivity contribution in [2.45, 2.75) is 79.3 Å². The van der Waals surface area contributed by atoms with Crippen LogP contribution in [0.1, 0.15) is 75.9 Å². The van der Waals surface area contributed by atoms with Gasteiger partial charge in [0.2, 0.25) is 0 Å². The van der Waals surface area contributed by atoms with Crippen molar-refractivity contribution < 1.29 is 4.52 Å². The summed E-state index contributed by atoms with van der Waals surface area (Å²) in [6.07, 6.45) is 9.07. The molecule has 1 saturated carbocycles. The second-order valence-corrected chi connectivity index (χ2v) is 12.3. The summed E-state index contributed by atoms with van der Waals surface area (Å²) in [6, 6.07) is 9.08. The lowest BCUT2D eigenvalue weighted by molar-refractivity contribution is 0.173. The molecule has 1 aliphatic heterocycles. The number of hydrogen-bond acceptors (Lipinski definition) is 5. The normalized spacial score (nSPS) is 16.9. The van der Waals surface area contributed by atoms with Gasteiger partial charge in [-0.3, -0.25) is 4.90 Å². The maximum Gasteiger partial charge on any atom is 0.172 e. The SMILES string of the molecule is CC.CC.CN(C)Cc1c(PCC2CC2)ccc2c(CCC3CCN(Cc4cccs4)CC3)noc12. The summed E-state index contributed by atoms with van der Waals surface area (Å²) in [7, 11) is 5.19. The lowest BCUT2D eigenvalue weighted by Gasteiger charge is -2.31. The molecular weight excluding hydrogens is 481 g/mol. The van der Waals surface area contributed by atoms with Crippen LogP contribution in [0.2, 0.25) is 0 Å². The predicted octanol–water partition coefficient (Wildman–Crippen LogP) is 7.56. The molecule has 1 aromatic carbocycles. The van der Waals surface area contributed by atoms with Crippen LogP contribution in [0.4, 0.5) is 0 Å². The molecule has 200 valence electrons. The number of likely N-dealkylation sites (tertiary alicyclic amines) is 1. The summed E-state index contributed by atoms with van der Waals surface area (Å²) in [6.45, 7) is 12.5. The minimum absolute atomic E-state index is 0.807. The van der Waals surface area contributed by atoms with Gasteiger partial charge < -0.3 is 9.42 Å². The Hall–Kier alpha value is -1.26. The summed E-state index contributed by atoms with van der Waals surface area (Å²) in [4.78, 5) is 6.36. The number of piperidine rings is 1. The quantitative estimate of drug-likeness (QED) is 0.254. The summed E-state index contributed by atoms with van der Waals surface area (Å²) in [5, 5.41) is 9.48. The number of aromatic nitrogens is 1. The van der Waals surface area contributed by atoms with Crippen molar-refractivity contribution in [2.24, 2.45) is 11.8 Å². The molecule has 36 heavy (non-hydrogen) atoms. The molecule has 2 aliphatic rings. The van der Waals surface area contributed by atoms with Gasteiger partial charge >= 0.3 is 0 Å². The van der Waals surface area contributed by atoms with E-state index in [0.29, 0.717) is 0 Å². The first-order chi connectivity index (χ1) is 17.7. The molecule has 0 N–H and O–H groups in total. The van der Waals surface area contributed by atoms with Gasteiger partial charge in [-0.05, 0) is 107 Å². The van der Waals surface area contributed by atoms with Gasteiger partial charge in [0.05, 0.1) is 5.69 Å². The van der Waals surface area contributed by atoms with Crippen molar-refractivity contribution in [1.29, 1.82) is 0 Å². The number of rotatable bonds is 10. The fourth-order valence-corrected chi connectivity index (χ4v) is 7.17. The van der Waals surface area contributed by atoms with E-state index in [2.05, 4.69) is 58.7 Å². The van der Waals surface area contributed by atoms with Crippen molar-refractivity contribution in [3.8, 4) is 0 Å². The Bertz CT molecular complexity index is 1000. The standard InChI is InChI=1S/C26H36N3OPS.2C2H6/c1-28(2)17-23-25(31-18-20-5-6-20)10-8-22-24(27-30-26(22)23)9-7-19-11-13-29(14-12-19)16-21-4-3-15-32-21;2*1-2/h3-4,8,10,15,19-20,31H,5-7,9,11-14,16-18H2,1-2H3;2*1-2H3. The van der Waals surface area contributed by atoms with Crippen LogP contribution >= 0.6 is 19.9 Å². The van der Waals surface area contributed by atoms with E-state index in [4.69, 9.17) is 4.52 Å². The van der Waals surface area contributed by atoms with Crippen LogP contribution in [0, 0.1) is 11.8 Å². The van der Waals surface area contributed by atoms with Gasteiger partial charge in [-0.15, -0.1) is 11.3 Å². The first-order valence-corrected chi connectivity index (χ1v) is 16.3. The van der Waals surface area contributed by atoms with Gasteiger partial charge in [-0.25, -0.2) is 0 Å². The second kappa shape index (κ2) is 15.2. The van der Waals surface area contributed by atoms with Crippen molar-refractivity contribution in [1.82, 2.24) is 15.0 Å². The van der Waals surface area contributed by atoms with E-state index in [1.807, 2.05) is 39.0 Å². The van der Waals surface area contributed by atoms with Gasteiger partial charge in [0, 0.05) is 28.9 Å². The molecule has 2 aromatic heterocycles. The third-order valence-corrected chi connectivity index (χ3v) is 9.52. The Morgan fingerprint density at radius 3 is 2.42 bits per heavy atom. The molecule has 2 fully saturated rings. The highest BCUT2D eigenvalue weighted by atomic mass is 32.1. The Kier molecular flexibility index (Phi) is 12.4. The average molecular weight is 530 g/mol. The minimum Gasteiger partial charge on any atom is -0.356 e. The van der Waals surface area contributed by atoms with Crippen LogP contribution in [-0.4, -0.2) is 48.3 Å². The second-order valence-electron chi connectivity index (χ2n) is 10.00. The molecule has 0 bridgehead atoms. The van der Waals surface area contributed by atoms with Crippen LogP contribution in [0.25, 0.3) is 11.0 Å². The van der Waals surface area contributed by atoms with Crippen LogP contribution in [0.15, 0.2) is 34.2 Å². The summed E-state index contributed by atoms with van der Waals surface area (Å²) in [5.41, 5.74) is 3.57. The molecule has 3 heterocycles. The van der Waals surface area contributed by atoms with E-state index < -0.39 is 0 Å². The first kappa shape index (κ1) is 29.3.